The highest BCUT2D eigenvalue weighted by molar-refractivity contribution is 5.92. The molecule has 136 valence electrons. The first-order valence-corrected chi connectivity index (χ1v) is 9.29. The Bertz CT molecular complexity index is 829. The predicted molar refractivity (Wildman–Crippen MR) is 97.8 cm³/mol. The van der Waals surface area contributed by atoms with Gasteiger partial charge in [-0.05, 0) is 36.5 Å². The Kier molecular flexibility index (Phi) is 4.49. The van der Waals surface area contributed by atoms with E-state index in [0.29, 0.717) is 31.9 Å². The Labute approximate surface area is 153 Å². The first-order valence-electron chi connectivity index (χ1n) is 9.29. The number of benzene rings is 1. The standard InChI is InChI=1S/C20H24N4O2/c1-22-18(9-10-21-22)20(26)24-12-4-11-23(13-14-24)19(25)17-8-7-15-5-2-3-6-16(15)17/h2-3,5-6,9-10,17H,4,7-8,11-14H2,1H3. The minimum Gasteiger partial charge on any atom is -0.340 e. The molecule has 1 saturated heterocycles. The summed E-state index contributed by atoms with van der Waals surface area (Å²) in [5.41, 5.74) is 3.08. The van der Waals surface area contributed by atoms with Gasteiger partial charge in [-0.3, -0.25) is 14.3 Å². The molecule has 0 N–H and O–H groups in total. The van der Waals surface area contributed by atoms with E-state index >= 15 is 0 Å². The summed E-state index contributed by atoms with van der Waals surface area (Å²) in [5, 5.41) is 4.08. The molecule has 26 heavy (non-hydrogen) atoms. The van der Waals surface area contributed by atoms with Crippen LogP contribution in [0, 0.1) is 0 Å². The molecule has 1 aliphatic heterocycles. The maximum Gasteiger partial charge on any atom is 0.272 e. The number of hydrogen-bond acceptors (Lipinski definition) is 3. The summed E-state index contributed by atoms with van der Waals surface area (Å²) in [6, 6.07) is 10.0. The zero-order valence-corrected chi connectivity index (χ0v) is 15.1. The number of nitrogens with zero attached hydrogens (tertiary/aromatic N) is 4. The fraction of sp³-hybridized carbons (Fsp3) is 0.450. The predicted octanol–water partition coefficient (Wildman–Crippen LogP) is 1.82. The van der Waals surface area contributed by atoms with Gasteiger partial charge in [0.05, 0.1) is 5.92 Å². The summed E-state index contributed by atoms with van der Waals surface area (Å²) >= 11 is 0. The van der Waals surface area contributed by atoms with Crippen LogP contribution in [-0.2, 0) is 18.3 Å². The van der Waals surface area contributed by atoms with Crippen LogP contribution in [0.2, 0.25) is 0 Å². The summed E-state index contributed by atoms with van der Waals surface area (Å²) in [6.45, 7) is 2.56. The molecule has 2 heterocycles. The summed E-state index contributed by atoms with van der Waals surface area (Å²) in [4.78, 5) is 29.6. The van der Waals surface area contributed by atoms with Crippen molar-refractivity contribution in [1.82, 2.24) is 19.6 Å². The van der Waals surface area contributed by atoms with E-state index < -0.39 is 0 Å². The van der Waals surface area contributed by atoms with E-state index in [1.807, 2.05) is 21.9 Å². The molecule has 1 unspecified atom stereocenters. The van der Waals surface area contributed by atoms with Gasteiger partial charge in [0.15, 0.2) is 0 Å². The third-order valence-electron chi connectivity index (χ3n) is 5.57. The Balaban J connectivity index is 1.43. The molecule has 2 aromatic rings. The van der Waals surface area contributed by atoms with Crippen molar-refractivity contribution in [3.8, 4) is 0 Å². The molecule has 6 heteroatoms. The lowest BCUT2D eigenvalue weighted by Crippen LogP contribution is -2.39. The first kappa shape index (κ1) is 16.8. The van der Waals surface area contributed by atoms with Crippen LogP contribution in [0.25, 0.3) is 0 Å². The lowest BCUT2D eigenvalue weighted by atomic mass is 10.00. The zero-order chi connectivity index (χ0) is 18.1. The number of carbonyl (C=O) groups is 2. The number of fused-ring (bicyclic) bond motifs is 1. The lowest BCUT2D eigenvalue weighted by Gasteiger charge is -2.25. The van der Waals surface area contributed by atoms with Crippen molar-refractivity contribution in [3.63, 3.8) is 0 Å². The van der Waals surface area contributed by atoms with Gasteiger partial charge in [-0.1, -0.05) is 24.3 Å². The van der Waals surface area contributed by atoms with Gasteiger partial charge in [-0.25, -0.2) is 0 Å². The second kappa shape index (κ2) is 6.94. The Hall–Kier alpha value is -2.63. The van der Waals surface area contributed by atoms with Crippen LogP contribution in [0.5, 0.6) is 0 Å². The third-order valence-corrected chi connectivity index (χ3v) is 5.57. The monoisotopic (exact) mass is 352 g/mol. The van der Waals surface area contributed by atoms with Gasteiger partial charge in [0.1, 0.15) is 5.69 Å². The fourth-order valence-electron chi connectivity index (χ4n) is 4.12. The van der Waals surface area contributed by atoms with Gasteiger partial charge in [0.2, 0.25) is 5.91 Å². The minimum absolute atomic E-state index is 0.00879. The SMILES string of the molecule is Cn1nccc1C(=O)N1CCCN(C(=O)C2CCc3ccccc32)CC1. The summed E-state index contributed by atoms with van der Waals surface area (Å²) in [5.74, 6) is 0.181. The van der Waals surface area contributed by atoms with Crippen LogP contribution < -0.4 is 0 Å². The van der Waals surface area contributed by atoms with Crippen LogP contribution in [0.3, 0.4) is 0 Å². The molecule has 0 saturated carbocycles. The highest BCUT2D eigenvalue weighted by atomic mass is 16.2. The topological polar surface area (TPSA) is 58.4 Å². The van der Waals surface area contributed by atoms with Gasteiger partial charge in [0, 0.05) is 39.4 Å². The lowest BCUT2D eigenvalue weighted by molar-refractivity contribution is -0.132. The average molecular weight is 352 g/mol. The fourth-order valence-corrected chi connectivity index (χ4v) is 4.12. The molecule has 1 fully saturated rings. The summed E-state index contributed by atoms with van der Waals surface area (Å²) < 4.78 is 1.60. The van der Waals surface area contributed by atoms with Crippen LogP contribution in [0.15, 0.2) is 36.5 Å². The van der Waals surface area contributed by atoms with E-state index in [0.717, 1.165) is 19.3 Å². The number of hydrogen-bond donors (Lipinski definition) is 0. The van der Waals surface area contributed by atoms with Gasteiger partial charge in [0.25, 0.3) is 5.91 Å². The Morgan fingerprint density at radius 2 is 1.81 bits per heavy atom. The maximum atomic E-state index is 13.1. The average Bonchev–Trinajstić information content (AvgIpc) is 3.19. The normalized spacial score (nSPS) is 20.0. The number of carbonyl (C=O) groups excluding carboxylic acids is 2. The first-order chi connectivity index (χ1) is 12.6. The van der Waals surface area contributed by atoms with E-state index in [2.05, 4.69) is 17.2 Å². The van der Waals surface area contributed by atoms with E-state index in [1.165, 1.54) is 11.1 Å². The van der Waals surface area contributed by atoms with Crippen molar-refractivity contribution in [3.05, 3.63) is 53.3 Å². The molecule has 6 nitrogen and oxygen atoms in total. The number of amides is 2. The second-order valence-electron chi connectivity index (χ2n) is 7.10. The van der Waals surface area contributed by atoms with Crippen molar-refractivity contribution in [2.45, 2.75) is 25.2 Å². The molecule has 0 bridgehead atoms. The molecule has 4 rings (SSSR count). The van der Waals surface area contributed by atoms with Gasteiger partial charge in [-0.15, -0.1) is 0 Å². The van der Waals surface area contributed by atoms with Gasteiger partial charge < -0.3 is 9.80 Å². The highest BCUT2D eigenvalue weighted by Crippen LogP contribution is 2.34. The molecular formula is C20H24N4O2. The van der Waals surface area contributed by atoms with Crippen molar-refractivity contribution in [2.24, 2.45) is 7.05 Å². The minimum atomic E-state index is -0.0227. The quantitative estimate of drug-likeness (QED) is 0.828. The molecule has 1 aromatic heterocycles. The van der Waals surface area contributed by atoms with Crippen LogP contribution in [0.1, 0.15) is 40.4 Å². The number of aryl methyl sites for hydroxylation is 2. The van der Waals surface area contributed by atoms with Crippen LogP contribution in [-0.4, -0.2) is 57.6 Å². The van der Waals surface area contributed by atoms with Crippen molar-refractivity contribution in [1.29, 1.82) is 0 Å². The zero-order valence-electron chi connectivity index (χ0n) is 15.1. The van der Waals surface area contributed by atoms with Gasteiger partial charge >= 0.3 is 0 Å². The smallest absolute Gasteiger partial charge is 0.272 e. The molecule has 0 spiro atoms. The third kappa shape index (κ3) is 3.00. The molecule has 2 aliphatic rings. The van der Waals surface area contributed by atoms with E-state index in [9.17, 15) is 9.59 Å². The Morgan fingerprint density at radius 1 is 1.04 bits per heavy atom. The number of rotatable bonds is 2. The van der Waals surface area contributed by atoms with Crippen molar-refractivity contribution >= 4 is 11.8 Å². The molecule has 2 amide bonds. The maximum absolute atomic E-state index is 13.1. The molecule has 1 atom stereocenters. The summed E-state index contributed by atoms with van der Waals surface area (Å²) in [6.07, 6.45) is 4.32. The van der Waals surface area contributed by atoms with Crippen molar-refractivity contribution < 1.29 is 9.59 Å². The summed E-state index contributed by atoms with van der Waals surface area (Å²) in [7, 11) is 1.78. The molecule has 1 aromatic carbocycles. The van der Waals surface area contributed by atoms with E-state index in [-0.39, 0.29) is 17.7 Å². The second-order valence-corrected chi connectivity index (χ2v) is 7.10. The van der Waals surface area contributed by atoms with Crippen LogP contribution in [0.4, 0.5) is 0 Å². The van der Waals surface area contributed by atoms with Crippen LogP contribution >= 0.6 is 0 Å². The van der Waals surface area contributed by atoms with E-state index in [1.54, 1.807) is 24.0 Å². The Morgan fingerprint density at radius 3 is 2.62 bits per heavy atom. The highest BCUT2D eigenvalue weighted by Gasteiger charge is 2.32. The van der Waals surface area contributed by atoms with E-state index in [4.69, 9.17) is 0 Å². The molecule has 1 aliphatic carbocycles. The molecule has 0 radical (unpaired) electrons. The largest absolute Gasteiger partial charge is 0.340 e. The molecular weight excluding hydrogens is 328 g/mol. The van der Waals surface area contributed by atoms with Crippen molar-refractivity contribution in [2.75, 3.05) is 26.2 Å². The van der Waals surface area contributed by atoms with Gasteiger partial charge in [-0.2, -0.15) is 5.10 Å². The number of aromatic nitrogens is 2.